The first-order valence-corrected chi connectivity index (χ1v) is 5.52. The highest BCUT2D eigenvalue weighted by Crippen LogP contribution is 2.12. The van der Waals surface area contributed by atoms with Crippen LogP contribution in [0.4, 0.5) is 5.82 Å². The van der Waals surface area contributed by atoms with Gasteiger partial charge in [0.05, 0.1) is 6.20 Å². The minimum Gasteiger partial charge on any atom is -0.355 e. The molecule has 0 aromatic carbocycles. The largest absolute Gasteiger partial charge is 0.355 e. The van der Waals surface area contributed by atoms with Crippen molar-refractivity contribution in [1.29, 1.82) is 0 Å². The second-order valence-corrected chi connectivity index (χ2v) is 4.11. The van der Waals surface area contributed by atoms with Gasteiger partial charge < -0.3 is 10.6 Å². The van der Waals surface area contributed by atoms with Crippen molar-refractivity contribution in [1.82, 2.24) is 14.8 Å². The Hall–Kier alpha value is -1.88. The van der Waals surface area contributed by atoms with Crippen molar-refractivity contribution in [2.45, 2.75) is 13.1 Å². The summed E-state index contributed by atoms with van der Waals surface area (Å²) in [6.07, 6.45) is 5.69. The van der Waals surface area contributed by atoms with Crippen molar-refractivity contribution in [2.24, 2.45) is 12.8 Å². The molecule has 0 saturated heterocycles. The molecule has 2 N–H and O–H groups in total. The number of rotatable bonds is 4. The predicted molar refractivity (Wildman–Crippen MR) is 67.4 cm³/mol. The normalized spacial score (nSPS) is 10.5. The number of pyridine rings is 1. The summed E-state index contributed by atoms with van der Waals surface area (Å²) in [4.78, 5) is 6.45. The van der Waals surface area contributed by atoms with Crippen molar-refractivity contribution in [2.75, 3.05) is 11.9 Å². The maximum atomic E-state index is 5.54. The van der Waals surface area contributed by atoms with Crippen molar-refractivity contribution >= 4 is 5.82 Å². The molecule has 2 aromatic rings. The zero-order valence-corrected chi connectivity index (χ0v) is 10.2. The van der Waals surface area contributed by atoms with Crippen LogP contribution in [0, 0.1) is 0 Å². The molecule has 2 rings (SSSR count). The first kappa shape index (κ1) is 11.6. The van der Waals surface area contributed by atoms with Gasteiger partial charge in [-0.05, 0) is 11.6 Å². The number of nitrogens with two attached hydrogens (primary N) is 1. The average Bonchev–Trinajstić information content (AvgIpc) is 2.75. The second-order valence-electron chi connectivity index (χ2n) is 4.11. The predicted octanol–water partition coefficient (Wildman–Crippen LogP) is 0.910. The third-order valence-corrected chi connectivity index (χ3v) is 2.61. The van der Waals surface area contributed by atoms with Gasteiger partial charge in [0, 0.05) is 45.1 Å². The molecule has 0 atom stereocenters. The lowest BCUT2D eigenvalue weighted by Crippen LogP contribution is -2.17. The van der Waals surface area contributed by atoms with Gasteiger partial charge in [-0.25, -0.2) is 4.98 Å². The molecule has 2 aromatic heterocycles. The Bertz CT molecular complexity index is 474. The van der Waals surface area contributed by atoms with Crippen LogP contribution in [0.25, 0.3) is 0 Å². The molecule has 5 heteroatoms. The lowest BCUT2D eigenvalue weighted by molar-refractivity contribution is 0.766. The minimum absolute atomic E-state index is 0.527. The van der Waals surface area contributed by atoms with Gasteiger partial charge >= 0.3 is 0 Å². The molecule has 0 unspecified atom stereocenters. The van der Waals surface area contributed by atoms with Crippen LogP contribution in [0.2, 0.25) is 0 Å². The Morgan fingerprint density at radius 3 is 2.65 bits per heavy atom. The van der Waals surface area contributed by atoms with Gasteiger partial charge in [0.1, 0.15) is 5.82 Å². The fourth-order valence-corrected chi connectivity index (χ4v) is 1.67. The Labute approximate surface area is 101 Å². The monoisotopic (exact) mass is 231 g/mol. The summed E-state index contributed by atoms with van der Waals surface area (Å²) < 4.78 is 1.80. The lowest BCUT2D eigenvalue weighted by atomic mass is 10.2. The number of hydrogen-bond donors (Lipinski definition) is 1. The van der Waals surface area contributed by atoms with E-state index < -0.39 is 0 Å². The Morgan fingerprint density at radius 2 is 2.12 bits per heavy atom. The van der Waals surface area contributed by atoms with Crippen LogP contribution in [0.15, 0.2) is 30.7 Å². The molecular formula is C12H17N5. The van der Waals surface area contributed by atoms with Gasteiger partial charge in [-0.15, -0.1) is 0 Å². The molecule has 0 radical (unpaired) electrons. The van der Waals surface area contributed by atoms with Crippen LogP contribution in [0.1, 0.15) is 11.1 Å². The summed E-state index contributed by atoms with van der Waals surface area (Å²) >= 11 is 0. The summed E-state index contributed by atoms with van der Waals surface area (Å²) in [6.45, 7) is 1.32. The standard InChI is InChI=1S/C12H17N5/c1-16(8-11-7-15-17(2)9-11)12-4-3-10(5-13)6-14-12/h3-4,6-7,9H,5,8,13H2,1-2H3. The molecule has 0 aliphatic carbocycles. The van der Waals surface area contributed by atoms with E-state index in [2.05, 4.69) is 15.0 Å². The Balaban J connectivity index is 2.06. The lowest BCUT2D eigenvalue weighted by Gasteiger charge is -2.17. The van der Waals surface area contributed by atoms with E-state index in [4.69, 9.17) is 5.73 Å². The van der Waals surface area contributed by atoms with Gasteiger partial charge in [-0.3, -0.25) is 4.68 Å². The SMILES string of the molecule is CN(Cc1cnn(C)c1)c1ccc(CN)cn1. The molecule has 0 bridgehead atoms. The molecule has 0 amide bonds. The highest BCUT2D eigenvalue weighted by Gasteiger charge is 2.04. The molecule has 90 valence electrons. The van der Waals surface area contributed by atoms with Crippen molar-refractivity contribution in [3.05, 3.63) is 41.9 Å². The van der Waals surface area contributed by atoms with Crippen LogP contribution in [-0.2, 0) is 20.1 Å². The zero-order valence-electron chi connectivity index (χ0n) is 10.2. The summed E-state index contributed by atoms with van der Waals surface area (Å²) in [6, 6.07) is 3.99. The third-order valence-electron chi connectivity index (χ3n) is 2.61. The van der Waals surface area contributed by atoms with Gasteiger partial charge in [-0.1, -0.05) is 6.07 Å². The van der Waals surface area contributed by atoms with Gasteiger partial charge in [0.2, 0.25) is 0 Å². The van der Waals surface area contributed by atoms with Crippen LogP contribution in [0.3, 0.4) is 0 Å². The average molecular weight is 231 g/mol. The molecule has 0 aliphatic heterocycles. The van der Waals surface area contributed by atoms with E-state index in [-0.39, 0.29) is 0 Å². The summed E-state index contributed by atoms with van der Waals surface area (Å²) in [5.41, 5.74) is 7.75. The van der Waals surface area contributed by atoms with Crippen LogP contribution in [0.5, 0.6) is 0 Å². The van der Waals surface area contributed by atoms with Crippen LogP contribution >= 0.6 is 0 Å². The quantitative estimate of drug-likeness (QED) is 0.849. The summed E-state index contributed by atoms with van der Waals surface area (Å²) in [7, 11) is 3.93. The van der Waals surface area contributed by atoms with E-state index in [1.165, 1.54) is 5.56 Å². The molecule has 0 fully saturated rings. The second kappa shape index (κ2) is 4.97. The Morgan fingerprint density at radius 1 is 1.29 bits per heavy atom. The molecule has 2 heterocycles. The van der Waals surface area contributed by atoms with Gasteiger partial charge in [0.15, 0.2) is 0 Å². The number of aryl methyl sites for hydroxylation is 1. The zero-order chi connectivity index (χ0) is 12.3. The van der Waals surface area contributed by atoms with Gasteiger partial charge in [-0.2, -0.15) is 5.10 Å². The van der Waals surface area contributed by atoms with Crippen LogP contribution in [-0.4, -0.2) is 21.8 Å². The van der Waals surface area contributed by atoms with Crippen LogP contribution < -0.4 is 10.6 Å². The van der Waals surface area contributed by atoms with E-state index in [1.807, 2.05) is 44.8 Å². The molecule has 5 nitrogen and oxygen atoms in total. The maximum absolute atomic E-state index is 5.54. The number of aromatic nitrogens is 3. The molecule has 0 saturated carbocycles. The first-order valence-electron chi connectivity index (χ1n) is 5.52. The highest BCUT2D eigenvalue weighted by atomic mass is 15.2. The van der Waals surface area contributed by atoms with Crippen molar-refractivity contribution < 1.29 is 0 Å². The topological polar surface area (TPSA) is 60.0 Å². The van der Waals surface area contributed by atoms with E-state index >= 15 is 0 Å². The molecular weight excluding hydrogens is 214 g/mol. The molecule has 0 spiro atoms. The molecule has 17 heavy (non-hydrogen) atoms. The highest BCUT2D eigenvalue weighted by molar-refractivity contribution is 5.39. The van der Waals surface area contributed by atoms with Gasteiger partial charge in [0.25, 0.3) is 0 Å². The van der Waals surface area contributed by atoms with Crippen molar-refractivity contribution in [3.8, 4) is 0 Å². The fourth-order valence-electron chi connectivity index (χ4n) is 1.67. The minimum atomic E-state index is 0.527. The maximum Gasteiger partial charge on any atom is 0.128 e. The number of anilines is 1. The Kier molecular flexibility index (Phi) is 3.39. The van der Waals surface area contributed by atoms with E-state index in [1.54, 1.807) is 4.68 Å². The summed E-state index contributed by atoms with van der Waals surface area (Å²) in [5, 5.41) is 4.14. The fraction of sp³-hybridized carbons (Fsp3) is 0.333. The third kappa shape index (κ3) is 2.82. The van der Waals surface area contributed by atoms with E-state index in [9.17, 15) is 0 Å². The first-order chi connectivity index (χ1) is 8.19. The number of nitrogens with zero attached hydrogens (tertiary/aromatic N) is 4. The molecule has 0 aliphatic rings. The van der Waals surface area contributed by atoms with Crippen molar-refractivity contribution in [3.63, 3.8) is 0 Å². The number of hydrogen-bond acceptors (Lipinski definition) is 4. The van der Waals surface area contributed by atoms with E-state index in [0.29, 0.717) is 6.54 Å². The van der Waals surface area contributed by atoms with E-state index in [0.717, 1.165) is 17.9 Å². The smallest absolute Gasteiger partial charge is 0.128 e. The summed E-state index contributed by atoms with van der Waals surface area (Å²) in [5.74, 6) is 0.936.